The molecule has 0 aliphatic heterocycles. The molecule has 1 heterocycles. The number of hydrogen-bond donors (Lipinski definition) is 1. The molecule has 1 atom stereocenters. The molecule has 0 aliphatic rings. The van der Waals surface area contributed by atoms with Crippen LogP contribution in [0.5, 0.6) is 11.5 Å². The number of ether oxygens (including phenoxy) is 2. The van der Waals surface area contributed by atoms with Gasteiger partial charge in [-0.05, 0) is 38.1 Å². The van der Waals surface area contributed by atoms with Gasteiger partial charge in [-0.25, -0.2) is 18.1 Å². The first-order valence-corrected chi connectivity index (χ1v) is 10.6. The molecule has 9 heteroatoms. The van der Waals surface area contributed by atoms with E-state index in [0.29, 0.717) is 34.4 Å². The number of sulfonamides is 1. The Morgan fingerprint density at radius 1 is 1.14 bits per heavy atom. The Labute approximate surface area is 169 Å². The zero-order valence-electron chi connectivity index (χ0n) is 16.1. The lowest BCUT2D eigenvalue weighted by molar-refractivity contribution is 0.355. The predicted octanol–water partition coefficient (Wildman–Crippen LogP) is 3.77. The fourth-order valence-corrected chi connectivity index (χ4v) is 4.43. The van der Waals surface area contributed by atoms with Gasteiger partial charge < -0.3 is 14.0 Å². The molecule has 3 aromatic rings. The first-order chi connectivity index (χ1) is 13.3. The number of aromatic nitrogens is 2. The van der Waals surface area contributed by atoms with Crippen LogP contribution in [0.2, 0.25) is 5.02 Å². The van der Waals surface area contributed by atoms with Crippen LogP contribution < -0.4 is 14.2 Å². The molecular formula is C19H22ClN3O4S. The molecule has 2 aromatic carbocycles. The van der Waals surface area contributed by atoms with Gasteiger partial charge in [0.25, 0.3) is 0 Å². The Morgan fingerprint density at radius 3 is 2.32 bits per heavy atom. The summed E-state index contributed by atoms with van der Waals surface area (Å²) < 4.78 is 40.8. The molecule has 0 saturated heterocycles. The Morgan fingerprint density at radius 2 is 1.75 bits per heavy atom. The number of methoxy groups -OCH3 is 2. The summed E-state index contributed by atoms with van der Waals surface area (Å²) in [4.78, 5) is 4.78. The molecule has 0 saturated carbocycles. The van der Waals surface area contributed by atoms with E-state index in [0.717, 1.165) is 5.52 Å². The Balaban J connectivity index is 2.01. The van der Waals surface area contributed by atoms with Gasteiger partial charge in [0.15, 0.2) is 11.5 Å². The molecular weight excluding hydrogens is 402 g/mol. The van der Waals surface area contributed by atoms with Crippen molar-refractivity contribution < 1.29 is 17.9 Å². The second kappa shape index (κ2) is 7.98. The highest BCUT2D eigenvalue weighted by Crippen LogP contribution is 2.33. The van der Waals surface area contributed by atoms with Gasteiger partial charge in [-0.3, -0.25) is 0 Å². The average Bonchev–Trinajstić information content (AvgIpc) is 3.04. The molecule has 0 spiro atoms. The smallest absolute Gasteiger partial charge is 0.241 e. The summed E-state index contributed by atoms with van der Waals surface area (Å²) in [5.41, 5.74) is 1.54. The number of fused-ring (bicyclic) bond motifs is 1. The van der Waals surface area contributed by atoms with Crippen molar-refractivity contribution in [2.45, 2.75) is 31.3 Å². The van der Waals surface area contributed by atoms with E-state index in [2.05, 4.69) is 9.71 Å². The maximum Gasteiger partial charge on any atom is 0.241 e. The molecule has 0 radical (unpaired) electrons. The fourth-order valence-electron chi connectivity index (χ4n) is 3.10. The Bertz CT molecular complexity index is 1090. The lowest BCUT2D eigenvalue weighted by Crippen LogP contribution is -2.28. The highest BCUT2D eigenvalue weighted by Gasteiger charge is 2.23. The molecule has 1 unspecified atom stereocenters. The van der Waals surface area contributed by atoms with Gasteiger partial charge in [0.1, 0.15) is 5.82 Å². The summed E-state index contributed by atoms with van der Waals surface area (Å²) in [6.07, 6.45) is 0. The van der Waals surface area contributed by atoms with E-state index in [4.69, 9.17) is 21.1 Å². The third kappa shape index (κ3) is 3.80. The van der Waals surface area contributed by atoms with E-state index in [9.17, 15) is 8.42 Å². The van der Waals surface area contributed by atoms with Gasteiger partial charge in [0.05, 0.1) is 36.2 Å². The summed E-state index contributed by atoms with van der Waals surface area (Å²) >= 11 is 5.85. The van der Waals surface area contributed by atoms with E-state index in [1.807, 2.05) is 17.6 Å². The summed E-state index contributed by atoms with van der Waals surface area (Å²) in [5, 5.41) is 0.475. The second-order valence-corrected chi connectivity index (χ2v) is 8.36. The highest BCUT2D eigenvalue weighted by molar-refractivity contribution is 7.89. The minimum Gasteiger partial charge on any atom is -0.493 e. The molecule has 7 nitrogen and oxygen atoms in total. The molecule has 0 bridgehead atoms. The zero-order chi connectivity index (χ0) is 20.5. The SMILES string of the molecule is CCn1c(C(C)NS(=O)(=O)c2ccc(Cl)cc2)nc2cc(OC)c(OC)cc21. The minimum atomic E-state index is -3.72. The average molecular weight is 424 g/mol. The molecule has 0 fully saturated rings. The van der Waals surface area contributed by atoms with E-state index in [1.54, 1.807) is 39.3 Å². The summed E-state index contributed by atoms with van der Waals surface area (Å²) in [6, 6.07) is 9.09. The van der Waals surface area contributed by atoms with Crippen molar-refractivity contribution in [1.29, 1.82) is 0 Å². The van der Waals surface area contributed by atoms with Crippen molar-refractivity contribution in [3.8, 4) is 11.5 Å². The number of halogens is 1. The van der Waals surface area contributed by atoms with Crippen LogP contribution in [0.3, 0.4) is 0 Å². The van der Waals surface area contributed by atoms with E-state index in [1.165, 1.54) is 12.1 Å². The van der Waals surface area contributed by atoms with Crippen molar-refractivity contribution in [2.24, 2.45) is 0 Å². The molecule has 3 rings (SSSR count). The number of benzene rings is 2. The summed E-state index contributed by atoms with van der Waals surface area (Å²) in [7, 11) is -0.594. The van der Waals surface area contributed by atoms with Gasteiger partial charge in [-0.2, -0.15) is 0 Å². The van der Waals surface area contributed by atoms with Crippen molar-refractivity contribution in [3.63, 3.8) is 0 Å². The molecule has 150 valence electrons. The maximum absolute atomic E-state index is 12.7. The van der Waals surface area contributed by atoms with Gasteiger partial charge in [-0.15, -0.1) is 0 Å². The number of hydrogen-bond acceptors (Lipinski definition) is 5. The topological polar surface area (TPSA) is 82.5 Å². The van der Waals surface area contributed by atoms with Gasteiger partial charge in [0, 0.05) is 23.7 Å². The lowest BCUT2D eigenvalue weighted by atomic mass is 10.2. The van der Waals surface area contributed by atoms with Crippen molar-refractivity contribution in [3.05, 3.63) is 47.2 Å². The molecule has 0 amide bonds. The molecule has 1 N–H and O–H groups in total. The third-order valence-electron chi connectivity index (χ3n) is 4.44. The van der Waals surface area contributed by atoms with E-state index in [-0.39, 0.29) is 4.90 Å². The van der Waals surface area contributed by atoms with Crippen LogP contribution in [0.25, 0.3) is 11.0 Å². The molecule has 1 aromatic heterocycles. The van der Waals surface area contributed by atoms with E-state index >= 15 is 0 Å². The number of imidazole rings is 1. The fraction of sp³-hybridized carbons (Fsp3) is 0.316. The summed E-state index contributed by atoms with van der Waals surface area (Å²) in [6.45, 7) is 4.35. The standard InChI is InChI=1S/C19H22ClN3O4S/c1-5-23-16-11-18(27-4)17(26-3)10-15(16)21-19(23)12(2)22-28(24,25)14-8-6-13(20)7-9-14/h6-12,22H,5H2,1-4H3. The van der Waals surface area contributed by atoms with Crippen LogP contribution in [0.15, 0.2) is 41.3 Å². The normalized spacial score (nSPS) is 12.9. The Hall–Kier alpha value is -2.29. The van der Waals surface area contributed by atoms with Crippen molar-refractivity contribution in [2.75, 3.05) is 14.2 Å². The highest BCUT2D eigenvalue weighted by atomic mass is 35.5. The Kier molecular flexibility index (Phi) is 5.83. The van der Waals surface area contributed by atoms with Gasteiger partial charge >= 0.3 is 0 Å². The number of nitrogens with one attached hydrogen (secondary N) is 1. The maximum atomic E-state index is 12.7. The van der Waals surface area contributed by atoms with Crippen LogP contribution in [-0.2, 0) is 16.6 Å². The first kappa shape index (κ1) is 20.4. The lowest BCUT2D eigenvalue weighted by Gasteiger charge is -2.16. The quantitative estimate of drug-likeness (QED) is 0.625. The van der Waals surface area contributed by atoms with Crippen molar-refractivity contribution in [1.82, 2.24) is 14.3 Å². The largest absolute Gasteiger partial charge is 0.493 e. The minimum absolute atomic E-state index is 0.145. The van der Waals surface area contributed by atoms with Crippen molar-refractivity contribution >= 4 is 32.7 Å². The van der Waals surface area contributed by atoms with Gasteiger partial charge in [0.2, 0.25) is 10.0 Å². The van der Waals surface area contributed by atoms with Crippen LogP contribution in [0, 0.1) is 0 Å². The molecule has 28 heavy (non-hydrogen) atoms. The van der Waals surface area contributed by atoms with Crippen LogP contribution in [0.1, 0.15) is 25.7 Å². The number of aryl methyl sites for hydroxylation is 1. The van der Waals surface area contributed by atoms with Gasteiger partial charge in [-0.1, -0.05) is 11.6 Å². The van der Waals surface area contributed by atoms with Crippen LogP contribution in [0.4, 0.5) is 0 Å². The monoisotopic (exact) mass is 423 g/mol. The zero-order valence-corrected chi connectivity index (χ0v) is 17.6. The second-order valence-electron chi connectivity index (χ2n) is 6.21. The number of nitrogens with zero attached hydrogens (tertiary/aromatic N) is 2. The third-order valence-corrected chi connectivity index (χ3v) is 6.25. The molecule has 0 aliphatic carbocycles. The van der Waals surface area contributed by atoms with Crippen LogP contribution >= 0.6 is 11.6 Å². The summed E-state index contributed by atoms with van der Waals surface area (Å²) in [5.74, 6) is 1.76. The van der Waals surface area contributed by atoms with Crippen LogP contribution in [-0.4, -0.2) is 32.2 Å². The number of rotatable bonds is 7. The predicted molar refractivity (Wildman–Crippen MR) is 109 cm³/mol. The first-order valence-electron chi connectivity index (χ1n) is 8.70. The van der Waals surface area contributed by atoms with E-state index < -0.39 is 16.1 Å².